The van der Waals surface area contributed by atoms with Crippen molar-refractivity contribution >= 4 is 18.0 Å². The Kier molecular flexibility index (Phi) is 9.60. The number of carbonyl (C=O) groups excluding carboxylic acids is 3. The molecule has 7 heteroatoms. The Labute approximate surface area is 195 Å². The van der Waals surface area contributed by atoms with Crippen molar-refractivity contribution in [3.63, 3.8) is 0 Å². The second kappa shape index (κ2) is 12.2. The highest BCUT2D eigenvalue weighted by Gasteiger charge is 2.28. The van der Waals surface area contributed by atoms with Crippen LogP contribution < -0.4 is 0 Å². The lowest BCUT2D eigenvalue weighted by Gasteiger charge is -2.26. The van der Waals surface area contributed by atoms with E-state index in [4.69, 9.17) is 9.47 Å². The van der Waals surface area contributed by atoms with Crippen molar-refractivity contribution in [2.24, 2.45) is 5.92 Å². The summed E-state index contributed by atoms with van der Waals surface area (Å²) in [6.07, 6.45) is -0.164. The molecule has 2 rings (SSSR count). The van der Waals surface area contributed by atoms with Crippen LogP contribution in [0.5, 0.6) is 0 Å². The summed E-state index contributed by atoms with van der Waals surface area (Å²) in [5.41, 5.74) is 1.56. The zero-order chi connectivity index (χ0) is 24.4. The van der Waals surface area contributed by atoms with E-state index in [0.29, 0.717) is 12.0 Å². The molecule has 33 heavy (non-hydrogen) atoms. The highest BCUT2D eigenvalue weighted by Crippen LogP contribution is 2.21. The Morgan fingerprint density at radius 3 is 2.12 bits per heavy atom. The number of carbonyl (C=O) groups is 3. The first-order valence-electron chi connectivity index (χ1n) is 11.1. The van der Waals surface area contributed by atoms with Crippen LogP contribution in [0.3, 0.4) is 0 Å². The molecule has 0 radical (unpaired) electrons. The minimum atomic E-state index is -0.772. The van der Waals surface area contributed by atoms with Crippen LogP contribution in [0.25, 0.3) is 11.1 Å². The number of amides is 2. The van der Waals surface area contributed by atoms with Gasteiger partial charge in [0.1, 0.15) is 5.60 Å². The van der Waals surface area contributed by atoms with Crippen LogP contribution in [0.15, 0.2) is 54.6 Å². The molecule has 2 aromatic rings. The quantitative estimate of drug-likeness (QED) is 0.552. The summed E-state index contributed by atoms with van der Waals surface area (Å²) in [5.74, 6) is -1.68. The molecule has 7 nitrogen and oxygen atoms in total. The third-order valence-electron chi connectivity index (χ3n) is 4.87. The summed E-state index contributed by atoms with van der Waals surface area (Å²) in [5, 5.41) is 9.48. The van der Waals surface area contributed by atoms with Crippen molar-refractivity contribution in [1.29, 1.82) is 0 Å². The van der Waals surface area contributed by atoms with Gasteiger partial charge in [0.2, 0.25) is 0 Å². The molecule has 0 fully saturated rings. The van der Waals surface area contributed by atoms with Crippen molar-refractivity contribution in [2.75, 3.05) is 19.8 Å². The molecule has 0 aliphatic rings. The molecule has 1 N–H and O–H groups in total. The van der Waals surface area contributed by atoms with Gasteiger partial charge in [-0.3, -0.25) is 9.59 Å². The fourth-order valence-electron chi connectivity index (χ4n) is 3.22. The normalized spacial score (nSPS) is 12.0. The number of aliphatic hydroxyl groups excluding tert-OH is 1. The summed E-state index contributed by atoms with van der Waals surface area (Å²) in [6, 6.07) is 16.8. The minimum Gasteiger partial charge on any atom is -0.466 e. The Morgan fingerprint density at radius 1 is 0.970 bits per heavy atom. The molecular formula is C26H33NO6. The summed E-state index contributed by atoms with van der Waals surface area (Å²) in [7, 11) is 0. The van der Waals surface area contributed by atoms with E-state index in [0.717, 1.165) is 16.0 Å². The van der Waals surface area contributed by atoms with Crippen LogP contribution in [-0.2, 0) is 14.3 Å². The van der Waals surface area contributed by atoms with Gasteiger partial charge in [0.25, 0.3) is 5.91 Å². The van der Waals surface area contributed by atoms with Crippen LogP contribution >= 0.6 is 0 Å². The van der Waals surface area contributed by atoms with Crippen molar-refractivity contribution in [1.82, 2.24) is 4.90 Å². The zero-order valence-corrected chi connectivity index (χ0v) is 19.7. The van der Waals surface area contributed by atoms with E-state index in [1.807, 2.05) is 42.5 Å². The highest BCUT2D eigenvalue weighted by molar-refractivity contribution is 6.03. The number of rotatable bonds is 9. The average Bonchev–Trinajstić information content (AvgIpc) is 2.78. The third-order valence-corrected chi connectivity index (χ3v) is 4.87. The van der Waals surface area contributed by atoms with E-state index >= 15 is 0 Å². The van der Waals surface area contributed by atoms with Crippen LogP contribution in [0.4, 0.5) is 4.79 Å². The Hall–Kier alpha value is -3.19. The molecule has 0 saturated heterocycles. The smallest absolute Gasteiger partial charge is 0.417 e. The number of benzene rings is 2. The third kappa shape index (κ3) is 8.02. The lowest BCUT2D eigenvalue weighted by atomic mass is 10.0. The molecule has 0 saturated carbocycles. The van der Waals surface area contributed by atoms with E-state index in [9.17, 15) is 19.5 Å². The van der Waals surface area contributed by atoms with E-state index in [1.54, 1.807) is 39.8 Å². The van der Waals surface area contributed by atoms with Gasteiger partial charge in [-0.25, -0.2) is 9.69 Å². The Morgan fingerprint density at radius 2 is 1.58 bits per heavy atom. The molecule has 0 aliphatic carbocycles. The number of hydrogen-bond acceptors (Lipinski definition) is 6. The van der Waals surface area contributed by atoms with E-state index in [-0.39, 0.29) is 26.2 Å². The summed E-state index contributed by atoms with van der Waals surface area (Å²) < 4.78 is 10.4. The molecule has 178 valence electrons. The van der Waals surface area contributed by atoms with Gasteiger partial charge >= 0.3 is 12.1 Å². The van der Waals surface area contributed by atoms with Crippen molar-refractivity contribution in [2.45, 2.75) is 46.1 Å². The lowest BCUT2D eigenvalue weighted by molar-refractivity contribution is -0.149. The fourth-order valence-corrected chi connectivity index (χ4v) is 3.22. The van der Waals surface area contributed by atoms with Gasteiger partial charge in [-0.2, -0.15) is 0 Å². The fraction of sp³-hybridized carbons (Fsp3) is 0.423. The van der Waals surface area contributed by atoms with Crippen molar-refractivity contribution in [3.05, 3.63) is 60.2 Å². The minimum absolute atomic E-state index is 0.0457. The maximum absolute atomic E-state index is 13.2. The molecule has 0 heterocycles. The van der Waals surface area contributed by atoms with Crippen LogP contribution in [0.1, 0.15) is 50.9 Å². The average molecular weight is 456 g/mol. The number of esters is 1. The number of nitrogens with zero attached hydrogens (tertiary/aromatic N) is 1. The maximum Gasteiger partial charge on any atom is 0.417 e. The SMILES string of the molecule is CCOC(=O)[C@H](CO)CCCN(C(=O)OC(C)(C)C)C(=O)c1ccc(-c2ccccc2)cc1. The molecule has 0 aromatic heterocycles. The first kappa shape index (κ1) is 26.1. The first-order chi connectivity index (χ1) is 15.7. The maximum atomic E-state index is 13.2. The predicted molar refractivity (Wildman–Crippen MR) is 126 cm³/mol. The van der Waals surface area contributed by atoms with Gasteiger partial charge in [-0.15, -0.1) is 0 Å². The van der Waals surface area contributed by atoms with Crippen LogP contribution in [-0.4, -0.2) is 53.3 Å². The van der Waals surface area contributed by atoms with E-state index < -0.39 is 29.5 Å². The molecule has 2 amide bonds. The molecule has 0 spiro atoms. The number of ether oxygens (including phenoxy) is 2. The van der Waals surface area contributed by atoms with Gasteiger partial charge < -0.3 is 14.6 Å². The number of hydrogen-bond donors (Lipinski definition) is 1. The molecule has 0 aliphatic heterocycles. The topological polar surface area (TPSA) is 93.1 Å². The Balaban J connectivity index is 2.16. The van der Waals surface area contributed by atoms with Crippen molar-refractivity contribution < 1.29 is 29.0 Å². The van der Waals surface area contributed by atoms with E-state index in [2.05, 4.69) is 0 Å². The van der Waals surface area contributed by atoms with Crippen molar-refractivity contribution in [3.8, 4) is 11.1 Å². The molecule has 0 bridgehead atoms. The lowest BCUT2D eigenvalue weighted by Crippen LogP contribution is -2.41. The van der Waals surface area contributed by atoms with Crippen LogP contribution in [0.2, 0.25) is 0 Å². The van der Waals surface area contributed by atoms with Gasteiger partial charge in [0, 0.05) is 12.1 Å². The molecule has 0 unspecified atom stereocenters. The Bertz CT molecular complexity index is 918. The van der Waals surface area contributed by atoms with Gasteiger partial charge in [0.15, 0.2) is 0 Å². The first-order valence-corrected chi connectivity index (χ1v) is 11.1. The van der Waals surface area contributed by atoms with Gasteiger partial charge in [-0.05, 0) is 63.8 Å². The second-order valence-electron chi connectivity index (χ2n) is 8.65. The second-order valence-corrected chi connectivity index (χ2v) is 8.65. The monoisotopic (exact) mass is 455 g/mol. The predicted octanol–water partition coefficient (Wildman–Crippen LogP) is 4.68. The number of imide groups is 1. The van der Waals surface area contributed by atoms with Crippen LogP contribution in [0, 0.1) is 5.92 Å². The zero-order valence-electron chi connectivity index (χ0n) is 19.7. The van der Waals surface area contributed by atoms with Gasteiger partial charge in [0.05, 0.1) is 19.1 Å². The van der Waals surface area contributed by atoms with Gasteiger partial charge in [-0.1, -0.05) is 42.5 Å². The summed E-state index contributed by atoms with van der Waals surface area (Å²) >= 11 is 0. The standard InChI is InChI=1S/C26H33NO6/c1-5-32-24(30)22(18-28)12-9-17-27(25(31)33-26(2,3)4)23(29)21-15-13-20(14-16-21)19-10-7-6-8-11-19/h6-8,10-11,13-16,22,28H,5,9,12,17-18H2,1-4H3/t22-/m0/s1. The summed E-state index contributed by atoms with van der Waals surface area (Å²) in [4.78, 5) is 38.9. The highest BCUT2D eigenvalue weighted by atomic mass is 16.6. The molecule has 2 aromatic carbocycles. The van der Waals surface area contributed by atoms with E-state index in [1.165, 1.54) is 0 Å². The summed E-state index contributed by atoms with van der Waals surface area (Å²) in [6.45, 7) is 6.78. The molecule has 1 atom stereocenters. The number of aliphatic hydroxyl groups is 1. The molecular weight excluding hydrogens is 422 g/mol. The largest absolute Gasteiger partial charge is 0.466 e.